The zero-order chi connectivity index (χ0) is 18.0. The van der Waals surface area contributed by atoms with Crippen molar-refractivity contribution >= 4 is 28.8 Å². The summed E-state index contributed by atoms with van der Waals surface area (Å²) < 4.78 is 0. The monoisotopic (exact) mass is 358 g/mol. The van der Waals surface area contributed by atoms with E-state index in [2.05, 4.69) is 11.8 Å². The first-order valence-electron chi connectivity index (χ1n) is 8.29. The van der Waals surface area contributed by atoms with Crippen LogP contribution in [0, 0.1) is 16.0 Å². The van der Waals surface area contributed by atoms with Gasteiger partial charge in [-0.15, -0.1) is 0 Å². The minimum Gasteiger partial charge on any atom is -0.371 e. The van der Waals surface area contributed by atoms with Crippen molar-refractivity contribution in [3.8, 4) is 0 Å². The summed E-state index contributed by atoms with van der Waals surface area (Å²) in [5.41, 5.74) is 1.45. The molecule has 0 atom stereocenters. The lowest BCUT2D eigenvalue weighted by Crippen LogP contribution is -2.33. The van der Waals surface area contributed by atoms with Crippen molar-refractivity contribution in [2.24, 2.45) is 5.92 Å². The van der Waals surface area contributed by atoms with Crippen molar-refractivity contribution in [2.75, 3.05) is 18.0 Å². The van der Waals surface area contributed by atoms with Gasteiger partial charge in [0.15, 0.2) is 5.78 Å². The third-order valence-electron chi connectivity index (χ3n) is 4.65. The highest BCUT2D eigenvalue weighted by Crippen LogP contribution is 2.31. The van der Waals surface area contributed by atoms with E-state index in [1.165, 1.54) is 12.1 Å². The predicted octanol–water partition coefficient (Wildman–Crippen LogP) is 4.72. The first kappa shape index (κ1) is 17.4. The molecule has 1 aliphatic heterocycles. The minimum atomic E-state index is -0.475. The molecule has 0 bridgehead atoms. The van der Waals surface area contributed by atoms with Crippen molar-refractivity contribution in [3.63, 3.8) is 0 Å². The van der Waals surface area contributed by atoms with Gasteiger partial charge in [0.1, 0.15) is 0 Å². The van der Waals surface area contributed by atoms with Crippen LogP contribution >= 0.6 is 11.6 Å². The molecule has 5 nitrogen and oxygen atoms in total. The standard InChI is InChI=1S/C19H19ClN2O3/c1-13-7-9-21(10-8-13)18-6-5-16(22(24)25)12-17(18)19(23)14-3-2-4-15(20)11-14/h2-6,11-13H,7-10H2,1H3. The van der Waals surface area contributed by atoms with E-state index in [9.17, 15) is 14.9 Å². The van der Waals surface area contributed by atoms with Crippen molar-refractivity contribution in [1.82, 2.24) is 0 Å². The van der Waals surface area contributed by atoms with Crippen LogP contribution in [0.2, 0.25) is 5.02 Å². The van der Waals surface area contributed by atoms with Gasteiger partial charge in [-0.2, -0.15) is 0 Å². The first-order chi connectivity index (χ1) is 12.0. The highest BCUT2D eigenvalue weighted by Gasteiger charge is 2.24. The summed E-state index contributed by atoms with van der Waals surface area (Å²) in [5.74, 6) is 0.404. The Morgan fingerprint density at radius 2 is 1.92 bits per heavy atom. The van der Waals surface area contributed by atoms with Gasteiger partial charge in [0.2, 0.25) is 0 Å². The quantitative estimate of drug-likeness (QED) is 0.451. The summed E-state index contributed by atoms with van der Waals surface area (Å²) in [6, 6.07) is 11.2. The van der Waals surface area contributed by atoms with Gasteiger partial charge in [0.05, 0.1) is 10.5 Å². The van der Waals surface area contributed by atoms with E-state index in [1.807, 2.05) is 0 Å². The van der Waals surface area contributed by atoms with Gasteiger partial charge in [-0.3, -0.25) is 14.9 Å². The molecule has 1 aliphatic rings. The Morgan fingerprint density at radius 1 is 1.20 bits per heavy atom. The Hall–Kier alpha value is -2.40. The van der Waals surface area contributed by atoms with Crippen LogP contribution in [-0.4, -0.2) is 23.8 Å². The summed E-state index contributed by atoms with van der Waals surface area (Å²) in [4.78, 5) is 25.8. The zero-order valence-corrected chi connectivity index (χ0v) is 14.7. The maximum Gasteiger partial charge on any atom is 0.270 e. The summed E-state index contributed by atoms with van der Waals surface area (Å²) in [6.45, 7) is 3.90. The number of carbonyl (C=O) groups is 1. The lowest BCUT2D eigenvalue weighted by atomic mass is 9.96. The largest absolute Gasteiger partial charge is 0.371 e. The van der Waals surface area contributed by atoms with E-state index in [0.29, 0.717) is 22.1 Å². The van der Waals surface area contributed by atoms with E-state index in [0.717, 1.165) is 31.6 Å². The molecule has 0 N–H and O–H groups in total. The van der Waals surface area contributed by atoms with Gasteiger partial charge in [-0.05, 0) is 37.0 Å². The fourth-order valence-corrected chi connectivity index (χ4v) is 3.32. The number of nitro benzene ring substituents is 1. The second-order valence-corrected chi connectivity index (χ2v) is 6.90. The average Bonchev–Trinajstić information content (AvgIpc) is 2.61. The number of ketones is 1. The van der Waals surface area contributed by atoms with Gasteiger partial charge >= 0.3 is 0 Å². The Kier molecular flexibility index (Phi) is 5.04. The zero-order valence-electron chi connectivity index (χ0n) is 13.9. The molecule has 0 amide bonds. The Morgan fingerprint density at radius 3 is 2.56 bits per heavy atom. The van der Waals surface area contributed by atoms with Crippen LogP contribution < -0.4 is 4.90 Å². The van der Waals surface area contributed by atoms with Crippen molar-refractivity contribution in [2.45, 2.75) is 19.8 Å². The summed E-state index contributed by atoms with van der Waals surface area (Å²) >= 11 is 5.99. The Balaban J connectivity index is 2.03. The molecular weight excluding hydrogens is 340 g/mol. The SMILES string of the molecule is CC1CCN(c2ccc([N+](=O)[O-])cc2C(=O)c2cccc(Cl)c2)CC1. The Bertz CT molecular complexity index is 814. The second-order valence-electron chi connectivity index (χ2n) is 6.47. The second kappa shape index (κ2) is 7.23. The van der Waals surface area contributed by atoms with E-state index in [4.69, 9.17) is 11.6 Å². The number of anilines is 1. The number of nitrogens with zero attached hydrogens (tertiary/aromatic N) is 2. The lowest BCUT2D eigenvalue weighted by Gasteiger charge is -2.33. The molecular formula is C19H19ClN2O3. The number of piperidine rings is 1. The number of carbonyl (C=O) groups excluding carboxylic acids is 1. The summed E-state index contributed by atoms with van der Waals surface area (Å²) in [7, 11) is 0. The fraction of sp³-hybridized carbons (Fsp3) is 0.316. The van der Waals surface area contributed by atoms with Gasteiger partial charge in [0, 0.05) is 41.5 Å². The maximum absolute atomic E-state index is 13.0. The molecule has 0 aromatic heterocycles. The molecule has 1 heterocycles. The predicted molar refractivity (Wildman–Crippen MR) is 98.6 cm³/mol. The van der Waals surface area contributed by atoms with Crippen LogP contribution in [0.5, 0.6) is 0 Å². The van der Waals surface area contributed by atoms with E-state index in [1.54, 1.807) is 30.3 Å². The fourth-order valence-electron chi connectivity index (χ4n) is 3.13. The number of nitro groups is 1. The van der Waals surface area contributed by atoms with Crippen LogP contribution in [-0.2, 0) is 0 Å². The van der Waals surface area contributed by atoms with E-state index in [-0.39, 0.29) is 11.5 Å². The number of rotatable bonds is 4. The molecule has 1 saturated heterocycles. The molecule has 0 spiro atoms. The number of non-ortho nitro benzene ring substituents is 1. The van der Waals surface area contributed by atoms with Gasteiger partial charge in [-0.25, -0.2) is 0 Å². The molecule has 130 valence electrons. The maximum atomic E-state index is 13.0. The molecule has 0 saturated carbocycles. The van der Waals surface area contributed by atoms with Crippen LogP contribution in [0.15, 0.2) is 42.5 Å². The summed E-state index contributed by atoms with van der Waals surface area (Å²) in [6.07, 6.45) is 2.09. The highest BCUT2D eigenvalue weighted by molar-refractivity contribution is 6.31. The number of hydrogen-bond acceptors (Lipinski definition) is 4. The van der Waals surface area contributed by atoms with Crippen molar-refractivity contribution in [3.05, 3.63) is 68.7 Å². The van der Waals surface area contributed by atoms with Crippen LogP contribution in [0.1, 0.15) is 35.7 Å². The van der Waals surface area contributed by atoms with Crippen molar-refractivity contribution < 1.29 is 9.72 Å². The molecule has 0 aliphatic carbocycles. The third-order valence-corrected chi connectivity index (χ3v) is 4.88. The van der Waals surface area contributed by atoms with Gasteiger partial charge < -0.3 is 4.90 Å². The number of halogens is 1. The number of hydrogen-bond donors (Lipinski definition) is 0. The van der Waals surface area contributed by atoms with Gasteiger partial charge in [-0.1, -0.05) is 30.7 Å². The molecule has 0 radical (unpaired) electrons. The molecule has 6 heteroatoms. The molecule has 2 aromatic rings. The van der Waals surface area contributed by atoms with E-state index >= 15 is 0 Å². The highest BCUT2D eigenvalue weighted by atomic mass is 35.5. The topological polar surface area (TPSA) is 63.4 Å². The number of benzene rings is 2. The molecule has 3 rings (SSSR count). The van der Waals surface area contributed by atoms with Gasteiger partial charge in [0.25, 0.3) is 5.69 Å². The molecule has 2 aromatic carbocycles. The normalized spacial score (nSPS) is 15.2. The molecule has 0 unspecified atom stereocenters. The smallest absolute Gasteiger partial charge is 0.270 e. The van der Waals surface area contributed by atoms with E-state index < -0.39 is 4.92 Å². The van der Waals surface area contributed by atoms with Crippen molar-refractivity contribution in [1.29, 1.82) is 0 Å². The minimum absolute atomic E-state index is 0.0838. The average molecular weight is 359 g/mol. The van der Waals surface area contributed by atoms with Crippen LogP contribution in [0.3, 0.4) is 0 Å². The lowest BCUT2D eigenvalue weighted by molar-refractivity contribution is -0.384. The van der Waals surface area contributed by atoms with Crippen LogP contribution in [0.25, 0.3) is 0 Å². The summed E-state index contributed by atoms with van der Waals surface area (Å²) in [5, 5.41) is 11.6. The van der Waals surface area contributed by atoms with Crippen LogP contribution in [0.4, 0.5) is 11.4 Å². The third kappa shape index (κ3) is 3.82. The molecule has 25 heavy (non-hydrogen) atoms. The molecule has 1 fully saturated rings. The Labute approximate surface area is 151 Å². The first-order valence-corrected chi connectivity index (χ1v) is 8.67.